The van der Waals surface area contributed by atoms with Crippen LogP contribution < -0.4 is 10.1 Å². The maximum Gasteiger partial charge on any atom is 0.163 e. The Morgan fingerprint density at radius 1 is 1.10 bits per heavy atom. The average molecular weight is 291 g/mol. The zero-order valence-corrected chi connectivity index (χ0v) is 12.2. The Kier molecular flexibility index (Phi) is 5.28. The number of halogens is 2. The molecule has 0 aliphatic carbocycles. The Labute approximate surface area is 123 Å². The molecule has 0 amide bonds. The molecular weight excluding hydrogens is 272 g/mol. The van der Waals surface area contributed by atoms with Gasteiger partial charge in [-0.2, -0.15) is 0 Å². The first-order chi connectivity index (χ1) is 10.2. The van der Waals surface area contributed by atoms with Crippen LogP contribution in [0.4, 0.5) is 8.78 Å². The second-order valence-corrected chi connectivity index (χ2v) is 4.77. The minimum atomic E-state index is -0.824. The third kappa shape index (κ3) is 3.58. The van der Waals surface area contributed by atoms with Crippen LogP contribution in [-0.4, -0.2) is 13.7 Å². The normalized spacial score (nSPS) is 12.2. The molecular formula is C17H19F2NO. The highest BCUT2D eigenvalue weighted by Gasteiger charge is 2.19. The molecule has 2 nitrogen and oxygen atoms in total. The number of rotatable bonds is 6. The number of para-hydroxylation sites is 1. The summed E-state index contributed by atoms with van der Waals surface area (Å²) in [4.78, 5) is 0. The largest absolute Gasteiger partial charge is 0.496 e. The van der Waals surface area contributed by atoms with Gasteiger partial charge in [-0.3, -0.25) is 0 Å². The molecule has 0 heterocycles. The quantitative estimate of drug-likeness (QED) is 0.872. The van der Waals surface area contributed by atoms with Gasteiger partial charge in [-0.05, 0) is 30.7 Å². The van der Waals surface area contributed by atoms with E-state index >= 15 is 0 Å². The fraction of sp³-hybridized carbons (Fsp3) is 0.294. The lowest BCUT2D eigenvalue weighted by atomic mass is 9.97. The Morgan fingerprint density at radius 3 is 2.57 bits per heavy atom. The first-order valence-corrected chi connectivity index (χ1v) is 6.96. The first-order valence-electron chi connectivity index (χ1n) is 6.96. The lowest BCUT2D eigenvalue weighted by Gasteiger charge is -2.20. The zero-order valence-electron chi connectivity index (χ0n) is 12.2. The van der Waals surface area contributed by atoms with Gasteiger partial charge < -0.3 is 10.1 Å². The topological polar surface area (TPSA) is 21.3 Å². The minimum absolute atomic E-state index is 0.304. The smallest absolute Gasteiger partial charge is 0.163 e. The van der Waals surface area contributed by atoms with Crippen molar-refractivity contribution in [2.24, 2.45) is 0 Å². The predicted octanol–water partition coefficient (Wildman–Crippen LogP) is 3.87. The van der Waals surface area contributed by atoms with E-state index in [-0.39, 0.29) is 6.04 Å². The average Bonchev–Trinajstić information content (AvgIpc) is 2.50. The van der Waals surface area contributed by atoms with Gasteiger partial charge in [0.15, 0.2) is 11.6 Å². The third-order valence-corrected chi connectivity index (χ3v) is 3.42. The first kappa shape index (κ1) is 15.4. The molecule has 2 rings (SSSR count). The fourth-order valence-corrected chi connectivity index (χ4v) is 2.42. The number of likely N-dealkylation sites (N-methyl/N-ethyl adjacent to an activating group) is 1. The van der Waals surface area contributed by atoms with Crippen LogP contribution in [0.5, 0.6) is 5.75 Å². The molecule has 2 aromatic rings. The number of methoxy groups -OCH3 is 1. The van der Waals surface area contributed by atoms with E-state index < -0.39 is 11.6 Å². The van der Waals surface area contributed by atoms with Crippen LogP contribution in [0.15, 0.2) is 42.5 Å². The molecule has 1 atom stereocenters. The van der Waals surface area contributed by atoms with E-state index in [4.69, 9.17) is 4.74 Å². The standard InChI is InChI=1S/C17H19F2NO/c1-3-20-15(13-8-6-9-14(18)17(13)19)11-12-7-4-5-10-16(12)21-2/h4-10,15,20H,3,11H2,1-2H3. The van der Waals surface area contributed by atoms with Gasteiger partial charge in [0.05, 0.1) is 7.11 Å². The van der Waals surface area contributed by atoms with Crippen LogP contribution in [0.1, 0.15) is 24.1 Å². The van der Waals surface area contributed by atoms with Crippen molar-refractivity contribution < 1.29 is 13.5 Å². The summed E-state index contributed by atoms with van der Waals surface area (Å²) in [6.45, 7) is 2.60. The van der Waals surface area contributed by atoms with Gasteiger partial charge in [-0.25, -0.2) is 8.78 Å². The predicted molar refractivity (Wildman–Crippen MR) is 79.5 cm³/mol. The summed E-state index contributed by atoms with van der Waals surface area (Å²) in [5.41, 5.74) is 1.29. The second kappa shape index (κ2) is 7.18. The molecule has 0 saturated carbocycles. The van der Waals surface area contributed by atoms with Gasteiger partial charge in [0.1, 0.15) is 5.75 Å². The molecule has 0 fully saturated rings. The van der Waals surface area contributed by atoms with Crippen molar-refractivity contribution in [1.29, 1.82) is 0 Å². The Bertz CT molecular complexity index is 601. The van der Waals surface area contributed by atoms with E-state index in [0.29, 0.717) is 18.5 Å². The van der Waals surface area contributed by atoms with E-state index in [1.807, 2.05) is 31.2 Å². The number of nitrogens with one attached hydrogen (secondary N) is 1. The maximum absolute atomic E-state index is 14.0. The van der Waals surface area contributed by atoms with E-state index in [2.05, 4.69) is 5.32 Å². The third-order valence-electron chi connectivity index (χ3n) is 3.42. The maximum atomic E-state index is 14.0. The van der Waals surface area contributed by atoms with Gasteiger partial charge >= 0.3 is 0 Å². The highest BCUT2D eigenvalue weighted by Crippen LogP contribution is 2.27. The molecule has 0 spiro atoms. The van der Waals surface area contributed by atoms with E-state index in [1.165, 1.54) is 6.07 Å². The highest BCUT2D eigenvalue weighted by atomic mass is 19.2. The van der Waals surface area contributed by atoms with Crippen LogP contribution in [0.2, 0.25) is 0 Å². The van der Waals surface area contributed by atoms with Crippen LogP contribution in [0, 0.1) is 11.6 Å². The summed E-state index contributed by atoms with van der Waals surface area (Å²) in [6, 6.07) is 11.5. The molecule has 0 aliphatic rings. The SMILES string of the molecule is CCNC(Cc1ccccc1OC)c1cccc(F)c1F. The molecule has 112 valence electrons. The Hall–Kier alpha value is -1.94. The molecule has 21 heavy (non-hydrogen) atoms. The van der Waals surface area contributed by atoms with Crippen molar-refractivity contribution >= 4 is 0 Å². The van der Waals surface area contributed by atoms with E-state index in [0.717, 1.165) is 17.4 Å². The number of ether oxygens (including phenoxy) is 1. The molecule has 1 unspecified atom stereocenters. The number of hydrogen-bond acceptors (Lipinski definition) is 2. The highest BCUT2D eigenvalue weighted by molar-refractivity contribution is 5.35. The number of benzene rings is 2. The van der Waals surface area contributed by atoms with Crippen molar-refractivity contribution in [3.63, 3.8) is 0 Å². The monoisotopic (exact) mass is 291 g/mol. The molecule has 0 saturated heterocycles. The van der Waals surface area contributed by atoms with Crippen molar-refractivity contribution in [1.82, 2.24) is 5.32 Å². The van der Waals surface area contributed by atoms with Crippen molar-refractivity contribution in [3.05, 3.63) is 65.2 Å². The molecule has 4 heteroatoms. The van der Waals surface area contributed by atoms with Gasteiger partial charge in [0, 0.05) is 11.6 Å². The lowest BCUT2D eigenvalue weighted by molar-refractivity contribution is 0.404. The molecule has 0 aliphatic heterocycles. The van der Waals surface area contributed by atoms with Crippen molar-refractivity contribution in [3.8, 4) is 5.75 Å². The second-order valence-electron chi connectivity index (χ2n) is 4.77. The van der Waals surface area contributed by atoms with Crippen LogP contribution >= 0.6 is 0 Å². The molecule has 2 aromatic carbocycles. The summed E-state index contributed by atoms with van der Waals surface area (Å²) < 4.78 is 32.8. The Balaban J connectivity index is 2.33. The van der Waals surface area contributed by atoms with Crippen LogP contribution in [-0.2, 0) is 6.42 Å². The van der Waals surface area contributed by atoms with Crippen LogP contribution in [0.3, 0.4) is 0 Å². The van der Waals surface area contributed by atoms with Crippen LogP contribution in [0.25, 0.3) is 0 Å². The van der Waals surface area contributed by atoms with Crippen molar-refractivity contribution in [2.45, 2.75) is 19.4 Å². The van der Waals surface area contributed by atoms with Crippen molar-refractivity contribution in [2.75, 3.05) is 13.7 Å². The molecule has 1 N–H and O–H groups in total. The van der Waals surface area contributed by atoms with Gasteiger partial charge in [0.25, 0.3) is 0 Å². The summed E-state index contributed by atoms with van der Waals surface area (Å²) in [5.74, 6) is -0.869. The minimum Gasteiger partial charge on any atom is -0.496 e. The molecule has 0 bridgehead atoms. The van der Waals surface area contributed by atoms with Gasteiger partial charge in [-0.15, -0.1) is 0 Å². The summed E-state index contributed by atoms with van der Waals surface area (Å²) in [6.07, 6.45) is 0.526. The van der Waals surface area contributed by atoms with E-state index in [9.17, 15) is 8.78 Å². The molecule has 0 aromatic heterocycles. The molecule has 0 radical (unpaired) electrons. The summed E-state index contributed by atoms with van der Waals surface area (Å²) in [7, 11) is 1.60. The summed E-state index contributed by atoms with van der Waals surface area (Å²) >= 11 is 0. The fourth-order valence-electron chi connectivity index (χ4n) is 2.42. The van der Waals surface area contributed by atoms with Gasteiger partial charge in [0.2, 0.25) is 0 Å². The Morgan fingerprint density at radius 2 is 1.86 bits per heavy atom. The zero-order chi connectivity index (χ0) is 15.2. The van der Waals surface area contributed by atoms with E-state index in [1.54, 1.807) is 13.2 Å². The lowest BCUT2D eigenvalue weighted by Crippen LogP contribution is -2.24. The van der Waals surface area contributed by atoms with Gasteiger partial charge in [-0.1, -0.05) is 37.3 Å². The summed E-state index contributed by atoms with van der Waals surface area (Å²) in [5, 5.41) is 3.20. The number of hydrogen-bond donors (Lipinski definition) is 1.